The van der Waals surface area contributed by atoms with Crippen LogP contribution in [-0.2, 0) is 4.57 Å². The molecule has 0 aliphatic heterocycles. The molecule has 0 bridgehead atoms. The quantitative estimate of drug-likeness (QED) is 0.304. The molecule has 0 amide bonds. The Labute approximate surface area is 68.9 Å². The van der Waals surface area contributed by atoms with E-state index in [4.69, 9.17) is 19.2 Å². The average Bonchev–Trinajstić information content (AvgIpc) is 0.722. The van der Waals surface area contributed by atoms with E-state index in [-0.39, 0.29) is 42.0 Å². The summed E-state index contributed by atoms with van der Waals surface area (Å²) in [5.74, 6) is 0. The molecule has 0 aliphatic rings. The van der Waals surface area contributed by atoms with Gasteiger partial charge >= 0.3 is 45.6 Å². The van der Waals surface area contributed by atoms with Crippen molar-refractivity contribution in [1.82, 2.24) is 0 Å². The van der Waals surface area contributed by atoms with Gasteiger partial charge < -0.3 is 17.5 Å². The molecule has 6 heteroatoms. The van der Waals surface area contributed by atoms with E-state index in [2.05, 4.69) is 0 Å². The summed E-state index contributed by atoms with van der Waals surface area (Å²) >= 11 is 0. The van der Waals surface area contributed by atoms with Crippen molar-refractivity contribution in [2.45, 2.75) is 0 Å². The van der Waals surface area contributed by atoms with Gasteiger partial charge in [-0.15, -0.1) is 0 Å². The minimum Gasteiger partial charge on any atom is -1.00 e. The Morgan fingerprint density at radius 3 is 1.50 bits per heavy atom. The van der Waals surface area contributed by atoms with Crippen molar-refractivity contribution in [3.05, 3.63) is 0 Å². The van der Waals surface area contributed by atoms with E-state index < -0.39 is 7.82 Å². The minimum absolute atomic E-state index is 0. The van der Waals surface area contributed by atoms with Crippen LogP contribution in [0.25, 0.3) is 0 Å². The second-order valence-electron chi connectivity index (χ2n) is 0.513. The Hall–Kier alpha value is 1.37. The predicted octanol–water partition coefficient (Wildman–Crippen LogP) is -0.838. The van der Waals surface area contributed by atoms with E-state index in [1.807, 2.05) is 0 Å². The van der Waals surface area contributed by atoms with Gasteiger partial charge in [0.2, 0.25) is 0 Å². The molecule has 0 spiro atoms. The zero-order chi connectivity index (χ0) is 4.50. The van der Waals surface area contributed by atoms with Gasteiger partial charge in [-0.3, -0.25) is 0 Å². The van der Waals surface area contributed by atoms with Crippen molar-refractivity contribution >= 4 is 45.6 Å². The maximum Gasteiger partial charge on any atom is 2.00 e. The van der Waals surface area contributed by atoms with Crippen LogP contribution in [0.3, 0.4) is 0 Å². The molecule has 4 nitrogen and oxygen atoms in total. The standard InChI is InChI=1S/Ca.H3O4P.H2.2H/c;1-5(2,3)4;;;/h;(H3,1,2,3,4);1H;;/q+2;;;2*-1. The number of hydrogen-bond acceptors (Lipinski definition) is 1. The Balaban J connectivity index is -0.0000000133. The summed E-state index contributed by atoms with van der Waals surface area (Å²) < 4.78 is 8.88. The first-order valence-corrected chi connectivity index (χ1v) is 2.35. The van der Waals surface area contributed by atoms with Gasteiger partial charge in [-0.1, -0.05) is 0 Å². The van der Waals surface area contributed by atoms with E-state index in [0.29, 0.717) is 0 Å². The van der Waals surface area contributed by atoms with Crippen LogP contribution >= 0.6 is 7.82 Å². The summed E-state index contributed by atoms with van der Waals surface area (Å²) in [6, 6.07) is 0. The average molecular weight is 142 g/mol. The molecule has 0 fully saturated rings. The number of phosphoric acid groups is 1. The first kappa shape index (κ1) is 10.4. The van der Waals surface area contributed by atoms with Gasteiger partial charge in [-0.25, -0.2) is 4.57 Å². The molecule has 0 rings (SSSR count). The maximum atomic E-state index is 8.88. The van der Waals surface area contributed by atoms with Gasteiger partial charge in [0, 0.05) is 1.43 Å². The van der Waals surface area contributed by atoms with Crippen LogP contribution in [0.15, 0.2) is 0 Å². The third-order valence-electron chi connectivity index (χ3n) is 0. The molecule has 0 aromatic heterocycles. The van der Waals surface area contributed by atoms with Crippen molar-refractivity contribution in [2.24, 2.45) is 0 Å². The summed E-state index contributed by atoms with van der Waals surface area (Å²) in [7, 11) is -4.64. The van der Waals surface area contributed by atoms with Gasteiger partial charge in [-0.2, -0.15) is 0 Å². The molecule has 0 heterocycles. The summed E-state index contributed by atoms with van der Waals surface area (Å²) in [6.07, 6.45) is 0. The summed E-state index contributed by atoms with van der Waals surface area (Å²) in [4.78, 5) is 21.6. The molecule has 3 N–H and O–H groups in total. The van der Waals surface area contributed by atoms with Gasteiger partial charge in [0.15, 0.2) is 0 Å². The van der Waals surface area contributed by atoms with Crippen LogP contribution in [0, 0.1) is 0 Å². The zero-order valence-corrected chi connectivity index (χ0v) is 6.01. The largest absolute Gasteiger partial charge is 2.00 e. The van der Waals surface area contributed by atoms with Crippen LogP contribution in [-0.4, -0.2) is 52.4 Å². The monoisotopic (exact) mass is 142 g/mol. The minimum atomic E-state index is -4.64. The Morgan fingerprint density at radius 1 is 1.50 bits per heavy atom. The Bertz CT molecular complexity index is 61.9. The molecule has 6 heavy (non-hydrogen) atoms. The zero-order valence-electron chi connectivity index (χ0n) is 4.90. The molecule has 0 aliphatic carbocycles. The molecule has 0 atom stereocenters. The van der Waals surface area contributed by atoms with E-state index in [9.17, 15) is 0 Å². The molecular weight excluding hydrogens is 135 g/mol. The van der Waals surface area contributed by atoms with Gasteiger partial charge in [0.25, 0.3) is 0 Å². The van der Waals surface area contributed by atoms with E-state index in [0.717, 1.165) is 0 Å². The molecule has 0 aromatic carbocycles. The molecule has 0 saturated heterocycles. The van der Waals surface area contributed by atoms with Crippen molar-refractivity contribution in [3.8, 4) is 0 Å². The normalized spacial score (nSPS) is 9.83. The van der Waals surface area contributed by atoms with Gasteiger partial charge in [0.05, 0.1) is 0 Å². The molecule has 0 aromatic rings. The van der Waals surface area contributed by atoms with Crippen LogP contribution < -0.4 is 0 Å². The molecule has 0 unspecified atom stereocenters. The maximum absolute atomic E-state index is 8.88. The fourth-order valence-electron chi connectivity index (χ4n) is 0. The molecular formula is H7CaO4P. The summed E-state index contributed by atoms with van der Waals surface area (Å²) in [6.45, 7) is 0. The van der Waals surface area contributed by atoms with Crippen LogP contribution in [0.5, 0.6) is 0 Å². The van der Waals surface area contributed by atoms with Crippen molar-refractivity contribution < 1.29 is 23.5 Å². The Morgan fingerprint density at radius 2 is 1.50 bits per heavy atom. The molecule has 0 radical (unpaired) electrons. The first-order valence-electron chi connectivity index (χ1n) is 0.783. The van der Waals surface area contributed by atoms with Crippen molar-refractivity contribution in [2.75, 3.05) is 0 Å². The third-order valence-corrected chi connectivity index (χ3v) is 0. The van der Waals surface area contributed by atoms with Crippen molar-refractivity contribution in [1.29, 1.82) is 0 Å². The summed E-state index contributed by atoms with van der Waals surface area (Å²) in [5.41, 5.74) is 0. The van der Waals surface area contributed by atoms with E-state index >= 15 is 0 Å². The third kappa shape index (κ3) is 54.6. The van der Waals surface area contributed by atoms with Gasteiger partial charge in [0.1, 0.15) is 0 Å². The predicted molar refractivity (Wildman–Crippen MR) is 24.4 cm³/mol. The fourth-order valence-corrected chi connectivity index (χ4v) is 0. The summed E-state index contributed by atoms with van der Waals surface area (Å²) in [5, 5.41) is 0. The second kappa shape index (κ2) is 3.38. The van der Waals surface area contributed by atoms with E-state index in [1.54, 1.807) is 0 Å². The van der Waals surface area contributed by atoms with Crippen LogP contribution in [0.2, 0.25) is 0 Å². The molecule has 38 valence electrons. The number of hydrogen-bond donors (Lipinski definition) is 3. The van der Waals surface area contributed by atoms with E-state index in [1.165, 1.54) is 0 Å². The second-order valence-corrected chi connectivity index (χ2v) is 1.54. The Kier molecular flexibility index (Phi) is 5.84. The number of rotatable bonds is 0. The topological polar surface area (TPSA) is 77.8 Å². The smallest absolute Gasteiger partial charge is 1.00 e. The molecule has 0 saturated carbocycles. The SMILES string of the molecule is O=P(O)(O)O.[Ca+2].[H-].[H-].[HH]. The van der Waals surface area contributed by atoms with Crippen LogP contribution in [0.4, 0.5) is 0 Å². The van der Waals surface area contributed by atoms with Crippen molar-refractivity contribution in [3.63, 3.8) is 0 Å². The first-order chi connectivity index (χ1) is 2.00. The van der Waals surface area contributed by atoms with Crippen LogP contribution in [0.1, 0.15) is 4.28 Å². The van der Waals surface area contributed by atoms with Gasteiger partial charge in [-0.05, 0) is 0 Å². The fraction of sp³-hybridized carbons (Fsp3) is 0.